The normalized spacial score (nSPS) is 11.5. The number of ketones is 1. The number of carbonyl (C=O) groups is 1. The van der Waals surface area contributed by atoms with E-state index in [1.807, 2.05) is 6.07 Å². The highest BCUT2D eigenvalue weighted by molar-refractivity contribution is 5.99. The maximum absolute atomic E-state index is 11.2. The maximum atomic E-state index is 11.2. The fraction of sp³-hybridized carbons (Fsp3) is 0.222. The van der Waals surface area contributed by atoms with Gasteiger partial charge in [0.25, 0.3) is 0 Å². The molecule has 1 atom stereocenters. The Morgan fingerprint density at radius 3 is 2.38 bits per heavy atom. The molecule has 3 N–H and O–H groups in total. The summed E-state index contributed by atoms with van der Waals surface area (Å²) < 4.78 is 0. The molecule has 1 aromatic rings. The Bertz CT molecular complexity index is 264. The lowest BCUT2D eigenvalue weighted by molar-refractivity contribution is 0.0763. The van der Waals surface area contributed by atoms with E-state index in [0.29, 0.717) is 5.56 Å². The van der Waals surface area contributed by atoms with Gasteiger partial charge in [-0.2, -0.15) is 0 Å². The van der Waals surface area contributed by atoms with Gasteiger partial charge >= 0.3 is 0 Å². The summed E-state index contributed by atoms with van der Waals surface area (Å²) in [5.74, 6) is -0.321. The van der Waals surface area contributed by atoms with E-state index in [2.05, 4.69) is 0 Å². The molecule has 3 nitrogen and oxygen atoms in total. The molecule has 0 aliphatic heterocycles. The zero-order chi connectivity index (χ0) is 8.97. The van der Waals surface area contributed by atoms with Gasteiger partial charge in [0, 0.05) is 12.1 Å². The molecular weight excluding hydrogens is 190 g/mol. The Morgan fingerprint density at radius 1 is 1.38 bits per heavy atom. The number of Topliss-reactive ketones (excluding diaryl/α,β-unsaturated/α-hetero) is 1. The number of aliphatic hydroxyl groups excluding tert-OH is 1. The average Bonchev–Trinajstić information content (AvgIpc) is 2.17. The lowest BCUT2D eigenvalue weighted by Crippen LogP contribution is -2.29. The van der Waals surface area contributed by atoms with E-state index in [9.17, 15) is 4.79 Å². The molecule has 0 aromatic heterocycles. The smallest absolute Gasteiger partial charge is 0.192 e. The van der Waals surface area contributed by atoms with Crippen molar-refractivity contribution in [2.75, 3.05) is 6.54 Å². The van der Waals surface area contributed by atoms with Gasteiger partial charge in [-0.3, -0.25) is 4.79 Å². The molecular formula is C9H12ClNO2. The van der Waals surface area contributed by atoms with Gasteiger partial charge < -0.3 is 10.8 Å². The van der Waals surface area contributed by atoms with Crippen LogP contribution in [0.3, 0.4) is 0 Å². The Labute approximate surface area is 83.0 Å². The van der Waals surface area contributed by atoms with Gasteiger partial charge in [-0.05, 0) is 0 Å². The Kier molecular flexibility index (Phi) is 5.30. The van der Waals surface area contributed by atoms with Crippen LogP contribution in [-0.4, -0.2) is 23.5 Å². The van der Waals surface area contributed by atoms with Crippen molar-refractivity contribution in [3.05, 3.63) is 35.9 Å². The van der Waals surface area contributed by atoms with Crippen molar-refractivity contribution in [2.45, 2.75) is 6.10 Å². The molecule has 0 spiro atoms. The van der Waals surface area contributed by atoms with Gasteiger partial charge in [0.05, 0.1) is 0 Å². The van der Waals surface area contributed by atoms with Gasteiger partial charge in [-0.25, -0.2) is 0 Å². The van der Waals surface area contributed by atoms with E-state index in [0.717, 1.165) is 0 Å². The molecule has 0 saturated carbocycles. The van der Waals surface area contributed by atoms with Gasteiger partial charge in [-0.1, -0.05) is 30.3 Å². The first-order valence-corrected chi connectivity index (χ1v) is 3.73. The lowest BCUT2D eigenvalue weighted by atomic mass is 10.1. The van der Waals surface area contributed by atoms with Gasteiger partial charge in [0.1, 0.15) is 6.10 Å². The molecule has 1 unspecified atom stereocenters. The first-order valence-electron chi connectivity index (χ1n) is 3.73. The van der Waals surface area contributed by atoms with E-state index in [-0.39, 0.29) is 24.7 Å². The SMILES string of the molecule is Cl.NCC(O)C(=O)c1ccccc1. The summed E-state index contributed by atoms with van der Waals surface area (Å²) in [6.45, 7) is -0.0340. The Morgan fingerprint density at radius 2 is 1.92 bits per heavy atom. The van der Waals surface area contributed by atoms with Crippen molar-refractivity contribution in [3.63, 3.8) is 0 Å². The summed E-state index contributed by atoms with van der Waals surface area (Å²) in [5.41, 5.74) is 5.64. The third-order valence-corrected chi connectivity index (χ3v) is 1.58. The molecule has 0 bridgehead atoms. The quantitative estimate of drug-likeness (QED) is 0.705. The number of hydrogen-bond donors (Lipinski definition) is 2. The first-order chi connectivity index (χ1) is 5.75. The standard InChI is InChI=1S/C9H11NO2.ClH/c10-6-8(11)9(12)7-4-2-1-3-5-7;/h1-5,8,11H,6,10H2;1H. The van der Waals surface area contributed by atoms with Crippen molar-refractivity contribution < 1.29 is 9.90 Å². The Balaban J connectivity index is 0.00000144. The molecule has 4 heteroatoms. The van der Waals surface area contributed by atoms with Crippen LogP contribution < -0.4 is 5.73 Å². The van der Waals surface area contributed by atoms with Crippen LogP contribution in [0.25, 0.3) is 0 Å². The van der Waals surface area contributed by atoms with E-state index in [1.54, 1.807) is 24.3 Å². The van der Waals surface area contributed by atoms with Crippen LogP contribution in [-0.2, 0) is 0 Å². The molecule has 0 saturated heterocycles. The molecule has 1 rings (SSSR count). The van der Waals surface area contributed by atoms with Gasteiger partial charge in [0.15, 0.2) is 5.78 Å². The molecule has 1 aromatic carbocycles. The van der Waals surface area contributed by atoms with Crippen molar-refractivity contribution in [2.24, 2.45) is 5.73 Å². The lowest BCUT2D eigenvalue weighted by Gasteiger charge is -2.05. The number of nitrogens with two attached hydrogens (primary N) is 1. The number of halogens is 1. The molecule has 0 aliphatic carbocycles. The topological polar surface area (TPSA) is 63.3 Å². The van der Waals surface area contributed by atoms with Crippen LogP contribution >= 0.6 is 12.4 Å². The molecule has 0 radical (unpaired) electrons. The van der Waals surface area contributed by atoms with Crippen molar-refractivity contribution >= 4 is 18.2 Å². The third kappa shape index (κ3) is 3.14. The number of rotatable bonds is 3. The fourth-order valence-electron chi connectivity index (χ4n) is 0.902. The van der Waals surface area contributed by atoms with Crippen molar-refractivity contribution in [1.82, 2.24) is 0 Å². The summed E-state index contributed by atoms with van der Waals surface area (Å²) in [4.78, 5) is 11.2. The first kappa shape index (κ1) is 12.1. The average molecular weight is 202 g/mol. The highest BCUT2D eigenvalue weighted by Gasteiger charge is 2.13. The van der Waals surface area contributed by atoms with Crippen molar-refractivity contribution in [3.8, 4) is 0 Å². The minimum absolute atomic E-state index is 0. The van der Waals surface area contributed by atoms with E-state index in [1.165, 1.54) is 0 Å². The Hall–Kier alpha value is -0.900. The van der Waals surface area contributed by atoms with Crippen LogP contribution in [0, 0.1) is 0 Å². The minimum Gasteiger partial charge on any atom is -0.384 e. The predicted molar refractivity (Wildman–Crippen MR) is 53.1 cm³/mol. The maximum Gasteiger partial charge on any atom is 0.192 e. The molecule has 72 valence electrons. The van der Waals surface area contributed by atoms with E-state index < -0.39 is 6.10 Å². The number of benzene rings is 1. The highest BCUT2D eigenvalue weighted by Crippen LogP contribution is 2.02. The molecule has 0 aliphatic rings. The molecule has 0 amide bonds. The van der Waals surface area contributed by atoms with Crippen LogP contribution in [0.5, 0.6) is 0 Å². The number of aliphatic hydroxyl groups is 1. The molecule has 0 fully saturated rings. The number of carbonyl (C=O) groups excluding carboxylic acids is 1. The monoisotopic (exact) mass is 201 g/mol. The fourth-order valence-corrected chi connectivity index (χ4v) is 0.902. The second-order valence-electron chi connectivity index (χ2n) is 2.48. The third-order valence-electron chi connectivity index (χ3n) is 1.58. The second kappa shape index (κ2) is 5.70. The molecule has 13 heavy (non-hydrogen) atoms. The van der Waals surface area contributed by atoms with Crippen LogP contribution in [0.15, 0.2) is 30.3 Å². The summed E-state index contributed by atoms with van der Waals surface area (Å²) >= 11 is 0. The van der Waals surface area contributed by atoms with Crippen LogP contribution in [0.1, 0.15) is 10.4 Å². The van der Waals surface area contributed by atoms with Gasteiger partial charge in [0.2, 0.25) is 0 Å². The summed E-state index contributed by atoms with van der Waals surface area (Å²) in [7, 11) is 0. The van der Waals surface area contributed by atoms with Crippen LogP contribution in [0.2, 0.25) is 0 Å². The summed E-state index contributed by atoms with van der Waals surface area (Å²) in [6, 6.07) is 8.61. The van der Waals surface area contributed by atoms with Gasteiger partial charge in [-0.15, -0.1) is 12.4 Å². The van der Waals surface area contributed by atoms with E-state index >= 15 is 0 Å². The zero-order valence-corrected chi connectivity index (χ0v) is 7.83. The van der Waals surface area contributed by atoms with E-state index in [4.69, 9.17) is 10.8 Å². The predicted octanol–water partition coefficient (Wildman–Crippen LogP) is 0.611. The highest BCUT2D eigenvalue weighted by atomic mass is 35.5. The zero-order valence-electron chi connectivity index (χ0n) is 7.01. The van der Waals surface area contributed by atoms with Crippen molar-refractivity contribution in [1.29, 1.82) is 0 Å². The largest absolute Gasteiger partial charge is 0.384 e. The summed E-state index contributed by atoms with van der Waals surface area (Å²) in [6.07, 6.45) is -1.08. The molecule has 0 heterocycles. The second-order valence-corrected chi connectivity index (χ2v) is 2.48. The number of hydrogen-bond acceptors (Lipinski definition) is 3. The van der Waals surface area contributed by atoms with Crippen LogP contribution in [0.4, 0.5) is 0 Å². The summed E-state index contributed by atoms with van der Waals surface area (Å²) in [5, 5.41) is 9.11. The minimum atomic E-state index is -1.08.